The van der Waals surface area contributed by atoms with E-state index in [0.717, 1.165) is 103 Å². The van der Waals surface area contributed by atoms with Gasteiger partial charge in [0.15, 0.2) is 0 Å². The molecule has 2 aliphatic carbocycles. The van der Waals surface area contributed by atoms with Crippen LogP contribution >= 0.6 is 0 Å². The predicted octanol–water partition coefficient (Wildman–Crippen LogP) is 12.5. The molecule has 0 bridgehead atoms. The van der Waals surface area contributed by atoms with E-state index in [0.29, 0.717) is 0 Å². The topological polar surface area (TPSA) is 51.3 Å². The van der Waals surface area contributed by atoms with E-state index in [1.54, 1.807) is 0 Å². The van der Waals surface area contributed by atoms with Gasteiger partial charge in [0.05, 0.1) is 17.1 Å². The van der Waals surface area contributed by atoms with Gasteiger partial charge in [-0.1, -0.05) is 164 Å². The summed E-state index contributed by atoms with van der Waals surface area (Å²) in [5.41, 5.74) is 19.7. The van der Waals surface area contributed by atoms with Crippen molar-refractivity contribution >= 4 is 16.5 Å². The number of nitrogens with two attached hydrogens (primary N) is 1. The monoisotopic (exact) mass is 683 g/mol. The van der Waals surface area contributed by atoms with Gasteiger partial charge in [-0.05, 0) is 71.0 Å². The minimum Gasteiger partial charge on any atom is -0.398 e. The minimum atomic E-state index is 0.158. The Morgan fingerprint density at radius 1 is 0.660 bits per heavy atom. The first-order valence-corrected chi connectivity index (χ1v) is 18.3. The smallest absolute Gasteiger partial charge is 0.0788 e. The van der Waals surface area contributed by atoms with Crippen molar-refractivity contribution < 1.29 is 0 Å². The fourth-order valence-electron chi connectivity index (χ4n) is 7.10. The van der Waals surface area contributed by atoms with Gasteiger partial charge in [0.1, 0.15) is 0 Å². The maximum absolute atomic E-state index is 6.72. The molecule has 1 heterocycles. The van der Waals surface area contributed by atoms with E-state index >= 15 is 0 Å². The summed E-state index contributed by atoms with van der Waals surface area (Å²) in [6.45, 7) is 4.38. The zero-order valence-electron chi connectivity index (χ0n) is 29.7. The Labute approximate surface area is 312 Å². The number of fused-ring (bicyclic) bond motifs is 1. The summed E-state index contributed by atoms with van der Waals surface area (Å²) in [6.07, 6.45) is 19.7. The van der Waals surface area contributed by atoms with Crippen LogP contribution in [0.4, 0.5) is 0 Å². The molecule has 2 N–H and O–H groups in total. The van der Waals surface area contributed by atoms with Crippen LogP contribution in [0.2, 0.25) is 0 Å². The summed E-state index contributed by atoms with van der Waals surface area (Å²) >= 11 is 0. The van der Waals surface area contributed by atoms with E-state index in [-0.39, 0.29) is 5.92 Å². The second kappa shape index (κ2) is 15.3. The van der Waals surface area contributed by atoms with E-state index < -0.39 is 0 Å². The van der Waals surface area contributed by atoms with Crippen molar-refractivity contribution in [3.05, 3.63) is 211 Å². The Bertz CT molecular complexity index is 2480. The number of aromatic nitrogens is 1. The maximum Gasteiger partial charge on any atom is 0.0788 e. The first kappa shape index (κ1) is 33.6. The molecule has 6 aromatic rings. The molecule has 0 fully saturated rings. The summed E-state index contributed by atoms with van der Waals surface area (Å²) in [4.78, 5) is 10.6. The van der Waals surface area contributed by atoms with Crippen molar-refractivity contribution in [2.75, 3.05) is 0 Å². The summed E-state index contributed by atoms with van der Waals surface area (Å²) in [6, 6.07) is 47.1. The predicted molar refractivity (Wildman–Crippen MR) is 224 cm³/mol. The summed E-state index contributed by atoms with van der Waals surface area (Å²) in [5, 5.41) is 2.25. The molecule has 3 heteroatoms. The zero-order valence-corrected chi connectivity index (χ0v) is 29.7. The zero-order chi connectivity index (χ0) is 36.0. The van der Waals surface area contributed by atoms with Gasteiger partial charge < -0.3 is 5.73 Å². The number of pyridine rings is 1. The van der Waals surface area contributed by atoms with Crippen LogP contribution in [0.3, 0.4) is 0 Å². The molecular weight excluding hydrogens is 643 g/mol. The standard InChI is InChI=1S/C50H41N3/c1-35(36-17-7-2-8-18-36)52-48(34-47(51)38-21-11-4-12-22-38)44-30-28-41-31-43(29-27-42(41)32-44)46-33-45(37-19-9-3-10-20-37)49(39-23-13-5-14-24-39)53-50(46)40-25-15-6-16-26-40/h2-11,13-17,19-21,23-34,36H,1,12,18,22,51H2/b47-34-,52-48+. The van der Waals surface area contributed by atoms with Crippen molar-refractivity contribution in [3.8, 4) is 44.8 Å². The van der Waals surface area contributed by atoms with Crippen LogP contribution in [0.15, 0.2) is 211 Å². The molecule has 0 aliphatic heterocycles. The first-order chi connectivity index (χ1) is 26.1. The second-order valence-electron chi connectivity index (χ2n) is 13.6. The number of rotatable bonds is 9. The Morgan fingerprint density at radius 2 is 1.30 bits per heavy atom. The van der Waals surface area contributed by atoms with Gasteiger partial charge in [-0.3, -0.25) is 4.99 Å². The van der Waals surface area contributed by atoms with Crippen molar-refractivity contribution in [2.24, 2.45) is 16.6 Å². The largest absolute Gasteiger partial charge is 0.398 e. The van der Waals surface area contributed by atoms with Crippen molar-refractivity contribution in [1.29, 1.82) is 0 Å². The number of aliphatic imine (C=N–C) groups is 1. The van der Waals surface area contributed by atoms with Crippen LogP contribution in [0.1, 0.15) is 24.8 Å². The van der Waals surface area contributed by atoms with Crippen molar-refractivity contribution in [2.45, 2.75) is 19.3 Å². The third kappa shape index (κ3) is 7.42. The molecule has 1 aromatic heterocycles. The van der Waals surface area contributed by atoms with E-state index in [2.05, 4.69) is 177 Å². The molecule has 2 aliphatic rings. The van der Waals surface area contributed by atoms with Crippen LogP contribution in [-0.2, 0) is 0 Å². The Morgan fingerprint density at radius 3 is 1.94 bits per heavy atom. The van der Waals surface area contributed by atoms with Gasteiger partial charge in [0, 0.05) is 45.1 Å². The summed E-state index contributed by atoms with van der Waals surface area (Å²) < 4.78 is 0. The minimum absolute atomic E-state index is 0.158. The van der Waals surface area contributed by atoms with Gasteiger partial charge in [-0.2, -0.15) is 0 Å². The summed E-state index contributed by atoms with van der Waals surface area (Å²) in [7, 11) is 0. The fraction of sp³-hybridized carbons (Fsp3) is 0.0800. The second-order valence-corrected chi connectivity index (χ2v) is 13.6. The molecule has 3 nitrogen and oxygen atoms in total. The van der Waals surface area contributed by atoms with Crippen LogP contribution in [0.5, 0.6) is 0 Å². The summed E-state index contributed by atoms with van der Waals surface area (Å²) in [5.74, 6) is 0.158. The van der Waals surface area contributed by atoms with Crippen LogP contribution < -0.4 is 5.73 Å². The quantitative estimate of drug-likeness (QED) is 0.154. The highest BCUT2D eigenvalue weighted by Crippen LogP contribution is 2.40. The van der Waals surface area contributed by atoms with Crippen molar-refractivity contribution in [3.63, 3.8) is 0 Å². The molecule has 1 atom stereocenters. The van der Waals surface area contributed by atoms with Gasteiger partial charge in [0.2, 0.25) is 0 Å². The highest BCUT2D eigenvalue weighted by atomic mass is 14.8. The Kier molecular flexibility index (Phi) is 9.72. The number of hydrogen-bond acceptors (Lipinski definition) is 3. The van der Waals surface area contributed by atoms with E-state index in [4.69, 9.17) is 15.7 Å². The van der Waals surface area contributed by atoms with Crippen molar-refractivity contribution in [1.82, 2.24) is 4.98 Å². The maximum atomic E-state index is 6.72. The van der Waals surface area contributed by atoms with E-state index in [1.807, 2.05) is 12.1 Å². The number of allylic oxidation sites excluding steroid dienone is 9. The molecule has 0 saturated heterocycles. The lowest BCUT2D eigenvalue weighted by atomic mass is 9.91. The molecule has 53 heavy (non-hydrogen) atoms. The third-order valence-corrected chi connectivity index (χ3v) is 10.00. The number of hydrogen-bond donors (Lipinski definition) is 1. The van der Waals surface area contributed by atoms with Gasteiger partial charge in [-0.25, -0.2) is 4.98 Å². The van der Waals surface area contributed by atoms with Crippen LogP contribution in [0.25, 0.3) is 55.5 Å². The fourth-order valence-corrected chi connectivity index (χ4v) is 7.10. The molecule has 8 rings (SSSR count). The van der Waals surface area contributed by atoms with Crippen LogP contribution in [-0.4, -0.2) is 10.7 Å². The van der Waals surface area contributed by atoms with Gasteiger partial charge >= 0.3 is 0 Å². The third-order valence-electron chi connectivity index (χ3n) is 10.00. The molecule has 0 saturated carbocycles. The first-order valence-electron chi connectivity index (χ1n) is 18.3. The molecule has 0 spiro atoms. The normalized spacial score (nSPS) is 15.8. The lowest BCUT2D eigenvalue weighted by Gasteiger charge is -2.18. The average Bonchev–Trinajstić information content (AvgIpc) is 3.24. The van der Waals surface area contributed by atoms with Gasteiger partial charge in [-0.15, -0.1) is 0 Å². The molecule has 0 radical (unpaired) electrons. The van der Waals surface area contributed by atoms with E-state index in [1.165, 1.54) is 0 Å². The number of nitrogens with zero attached hydrogens (tertiary/aromatic N) is 2. The van der Waals surface area contributed by atoms with Crippen LogP contribution in [0, 0.1) is 5.92 Å². The molecular formula is C50H41N3. The average molecular weight is 684 g/mol. The highest BCUT2D eigenvalue weighted by Gasteiger charge is 2.18. The molecule has 256 valence electrons. The Balaban J connectivity index is 1.25. The number of benzene rings is 5. The van der Waals surface area contributed by atoms with E-state index in [9.17, 15) is 0 Å². The molecule has 0 amide bonds. The molecule has 5 aromatic carbocycles. The molecule has 1 unspecified atom stereocenters. The van der Waals surface area contributed by atoms with Gasteiger partial charge in [0.25, 0.3) is 0 Å². The highest BCUT2D eigenvalue weighted by molar-refractivity contribution is 6.11. The lowest BCUT2D eigenvalue weighted by molar-refractivity contribution is 0.760. The SMILES string of the molecule is C=C(/N=C(\C=C(/N)C1=CC=CCC1)c1ccc2cc(-c3cc(-c4ccccc4)c(-c4ccccc4)nc3-c3ccccc3)ccc2c1)C1C=CC=CC1. The lowest BCUT2D eigenvalue weighted by Crippen LogP contribution is -2.09. The Hall–Kier alpha value is -6.58.